The normalized spacial score (nSPS) is 14.3. The van der Waals surface area contributed by atoms with Gasteiger partial charge in [-0.1, -0.05) is 26.0 Å². The van der Waals surface area contributed by atoms with Crippen molar-refractivity contribution >= 4 is 28.5 Å². The van der Waals surface area contributed by atoms with Crippen molar-refractivity contribution in [2.24, 2.45) is 0 Å². The summed E-state index contributed by atoms with van der Waals surface area (Å²) in [4.78, 5) is 33.1. The van der Waals surface area contributed by atoms with Crippen LogP contribution in [0.3, 0.4) is 0 Å². The summed E-state index contributed by atoms with van der Waals surface area (Å²) in [6.07, 6.45) is 5.53. The first-order chi connectivity index (χ1) is 18.1. The average molecular weight is 501 g/mol. The summed E-state index contributed by atoms with van der Waals surface area (Å²) in [5.41, 5.74) is 6.23. The predicted molar refractivity (Wildman–Crippen MR) is 143 cm³/mol. The van der Waals surface area contributed by atoms with E-state index in [1.165, 1.54) is 0 Å². The van der Waals surface area contributed by atoms with E-state index in [1.807, 2.05) is 12.4 Å². The van der Waals surface area contributed by atoms with Crippen LogP contribution in [-0.2, 0) is 9.59 Å². The van der Waals surface area contributed by atoms with E-state index in [0.29, 0.717) is 25.9 Å². The van der Waals surface area contributed by atoms with Gasteiger partial charge in [-0.3, -0.25) is 19.1 Å². The fourth-order valence-corrected chi connectivity index (χ4v) is 4.63. The van der Waals surface area contributed by atoms with E-state index in [4.69, 9.17) is 4.42 Å². The Kier molecular flexibility index (Phi) is 7.23. The molecule has 37 heavy (non-hydrogen) atoms. The van der Waals surface area contributed by atoms with Crippen molar-refractivity contribution in [3.05, 3.63) is 67.4 Å². The predicted octanol–water partition coefficient (Wildman–Crippen LogP) is 3.74. The van der Waals surface area contributed by atoms with E-state index in [9.17, 15) is 9.59 Å². The van der Waals surface area contributed by atoms with Crippen LogP contribution in [0.15, 0.2) is 71.8 Å². The van der Waals surface area contributed by atoms with E-state index >= 15 is 0 Å². The number of hydrogen-bond acceptors (Lipinski definition) is 6. The molecule has 0 saturated carbocycles. The zero-order valence-corrected chi connectivity index (χ0v) is 21.2. The van der Waals surface area contributed by atoms with Crippen molar-refractivity contribution in [1.82, 2.24) is 25.1 Å². The van der Waals surface area contributed by atoms with Gasteiger partial charge in [0.1, 0.15) is 6.33 Å². The van der Waals surface area contributed by atoms with Crippen LogP contribution in [0.4, 0.5) is 5.69 Å². The highest BCUT2D eigenvalue weighted by Gasteiger charge is 2.26. The molecule has 5 rings (SSSR count). The molecule has 0 spiro atoms. The topological polar surface area (TPSA) is 95.6 Å². The third kappa shape index (κ3) is 5.36. The Labute approximate surface area is 216 Å². The molecule has 0 bridgehead atoms. The van der Waals surface area contributed by atoms with Gasteiger partial charge < -0.3 is 20.0 Å². The fraction of sp³-hybridized carbons (Fsp3) is 0.321. The molecule has 1 aliphatic heterocycles. The van der Waals surface area contributed by atoms with Crippen LogP contribution < -0.4 is 15.5 Å². The average Bonchev–Trinajstić information content (AvgIpc) is 3.63. The summed E-state index contributed by atoms with van der Waals surface area (Å²) in [6.45, 7) is 6.61. The quantitative estimate of drug-likeness (QED) is 0.358. The highest BCUT2D eigenvalue weighted by molar-refractivity contribution is 5.83. The lowest BCUT2D eigenvalue weighted by Crippen LogP contribution is -2.62. The van der Waals surface area contributed by atoms with Crippen LogP contribution >= 0.6 is 0 Å². The molecule has 2 N–H and O–H groups in total. The maximum atomic E-state index is 12.0. The smallest absolute Gasteiger partial charge is 0.222 e. The van der Waals surface area contributed by atoms with Crippen LogP contribution in [0.2, 0.25) is 0 Å². The monoisotopic (exact) mass is 500 g/mol. The molecule has 9 heteroatoms. The number of aromatic nitrogens is 2. The van der Waals surface area contributed by atoms with Gasteiger partial charge in [-0.25, -0.2) is 4.98 Å². The van der Waals surface area contributed by atoms with Crippen LogP contribution in [0.25, 0.3) is 27.8 Å². The number of amides is 2. The number of imidazole rings is 1. The van der Waals surface area contributed by atoms with Crippen LogP contribution in [0.5, 0.6) is 0 Å². The number of piperazine rings is 1. The SMILES string of the molecule is CCC(=O)NC(NC(=O)CC)N1CCN(c2cccc(-n3cnc4cc(-c5ccoc5)ccc43)c2)CC1. The summed E-state index contributed by atoms with van der Waals surface area (Å²) < 4.78 is 7.32. The second-order valence-corrected chi connectivity index (χ2v) is 9.12. The summed E-state index contributed by atoms with van der Waals surface area (Å²) >= 11 is 0. The van der Waals surface area contributed by atoms with Crippen molar-refractivity contribution in [3.8, 4) is 16.8 Å². The van der Waals surface area contributed by atoms with Crippen LogP contribution in [0.1, 0.15) is 26.7 Å². The molecule has 1 aliphatic rings. The minimum atomic E-state index is -0.488. The molecule has 2 aromatic heterocycles. The highest BCUT2D eigenvalue weighted by atomic mass is 16.3. The van der Waals surface area contributed by atoms with Crippen molar-refractivity contribution in [2.45, 2.75) is 33.0 Å². The number of benzene rings is 2. The van der Waals surface area contributed by atoms with Gasteiger partial charge in [0.05, 0.1) is 23.6 Å². The number of hydrogen-bond donors (Lipinski definition) is 2. The molecule has 1 fully saturated rings. The molecule has 0 atom stereocenters. The van der Waals surface area contributed by atoms with E-state index in [2.05, 4.69) is 72.4 Å². The number of anilines is 1. The van der Waals surface area contributed by atoms with Gasteiger partial charge >= 0.3 is 0 Å². The second kappa shape index (κ2) is 10.9. The zero-order chi connectivity index (χ0) is 25.8. The summed E-state index contributed by atoms with van der Waals surface area (Å²) in [7, 11) is 0. The van der Waals surface area contributed by atoms with Crippen molar-refractivity contribution in [3.63, 3.8) is 0 Å². The molecular weight excluding hydrogens is 468 g/mol. The number of nitrogens with zero attached hydrogens (tertiary/aromatic N) is 4. The standard InChI is InChI=1S/C28H32N6O3/c1-3-26(35)30-28(31-27(36)4-2)33-13-11-32(12-14-33)22-6-5-7-23(17-22)34-19-29-24-16-20(8-9-25(24)34)21-10-15-37-18-21/h5-10,15-19,28H,3-4,11-14H2,1-2H3,(H,30,35)(H,31,36). The van der Waals surface area contributed by atoms with E-state index < -0.39 is 6.29 Å². The first-order valence-electron chi connectivity index (χ1n) is 12.7. The molecule has 1 saturated heterocycles. The lowest BCUT2D eigenvalue weighted by atomic mass is 10.1. The van der Waals surface area contributed by atoms with Crippen molar-refractivity contribution < 1.29 is 14.0 Å². The Morgan fingerprint density at radius 2 is 1.65 bits per heavy atom. The number of rotatable bonds is 8. The Morgan fingerprint density at radius 1 is 0.919 bits per heavy atom. The van der Waals surface area contributed by atoms with Gasteiger partial charge in [0.15, 0.2) is 6.29 Å². The molecule has 0 radical (unpaired) electrons. The molecule has 2 aromatic carbocycles. The molecule has 192 valence electrons. The van der Waals surface area contributed by atoms with Gasteiger partial charge in [0.2, 0.25) is 11.8 Å². The van der Waals surface area contributed by atoms with Crippen LogP contribution in [0, 0.1) is 0 Å². The molecule has 9 nitrogen and oxygen atoms in total. The minimum Gasteiger partial charge on any atom is -0.472 e. The molecule has 0 unspecified atom stereocenters. The molecule has 3 heterocycles. The molecule has 2 amide bonds. The third-order valence-electron chi connectivity index (χ3n) is 6.79. The number of fused-ring (bicyclic) bond motifs is 1. The fourth-order valence-electron chi connectivity index (χ4n) is 4.63. The second-order valence-electron chi connectivity index (χ2n) is 9.12. The first kappa shape index (κ1) is 24.6. The number of carbonyl (C=O) groups excluding carboxylic acids is 2. The Bertz CT molecular complexity index is 1350. The maximum Gasteiger partial charge on any atom is 0.222 e. The van der Waals surface area contributed by atoms with Gasteiger partial charge in [-0.05, 0) is 42.0 Å². The highest BCUT2D eigenvalue weighted by Crippen LogP contribution is 2.27. The Balaban J connectivity index is 1.30. The maximum absolute atomic E-state index is 12.0. The summed E-state index contributed by atoms with van der Waals surface area (Å²) in [6, 6.07) is 16.6. The number of carbonyl (C=O) groups is 2. The minimum absolute atomic E-state index is 0.0824. The van der Waals surface area contributed by atoms with Gasteiger partial charge in [-0.15, -0.1) is 0 Å². The number of furan rings is 1. The van der Waals surface area contributed by atoms with E-state index in [0.717, 1.165) is 46.6 Å². The lowest BCUT2D eigenvalue weighted by Gasteiger charge is -2.40. The van der Waals surface area contributed by atoms with E-state index in [1.54, 1.807) is 26.4 Å². The van der Waals surface area contributed by atoms with Crippen molar-refractivity contribution in [2.75, 3.05) is 31.1 Å². The Morgan fingerprint density at radius 3 is 2.32 bits per heavy atom. The van der Waals surface area contributed by atoms with Gasteiger partial charge in [0, 0.05) is 56.0 Å². The van der Waals surface area contributed by atoms with Crippen molar-refractivity contribution in [1.29, 1.82) is 0 Å². The molecule has 0 aliphatic carbocycles. The van der Waals surface area contributed by atoms with Crippen LogP contribution in [-0.4, -0.2) is 58.7 Å². The summed E-state index contributed by atoms with van der Waals surface area (Å²) in [5, 5.41) is 5.87. The third-order valence-corrected chi connectivity index (χ3v) is 6.79. The van der Waals surface area contributed by atoms with E-state index in [-0.39, 0.29) is 11.8 Å². The van der Waals surface area contributed by atoms with Gasteiger partial charge in [-0.2, -0.15) is 0 Å². The van der Waals surface area contributed by atoms with Gasteiger partial charge in [0.25, 0.3) is 0 Å². The summed E-state index contributed by atoms with van der Waals surface area (Å²) in [5.74, 6) is -0.165. The lowest BCUT2D eigenvalue weighted by molar-refractivity contribution is -0.127. The molecular formula is C28H32N6O3. The Hall–Kier alpha value is -4.11. The number of nitrogens with one attached hydrogen (secondary N) is 2. The molecule has 4 aromatic rings. The first-order valence-corrected chi connectivity index (χ1v) is 12.7. The largest absolute Gasteiger partial charge is 0.472 e. The zero-order valence-electron chi connectivity index (χ0n) is 21.2.